The third-order valence-electron chi connectivity index (χ3n) is 4.81. The van der Waals surface area contributed by atoms with Crippen molar-refractivity contribution < 1.29 is 18.3 Å². The highest BCUT2D eigenvalue weighted by molar-refractivity contribution is 7.14. The molecule has 2 heterocycles. The average Bonchev–Trinajstić information content (AvgIpc) is 2.76. The molecule has 0 bridgehead atoms. The van der Waals surface area contributed by atoms with E-state index in [4.69, 9.17) is 14.9 Å². The second-order valence-electron chi connectivity index (χ2n) is 7.46. The van der Waals surface area contributed by atoms with E-state index in [1.165, 1.54) is 0 Å². The minimum absolute atomic E-state index is 0.0100. The summed E-state index contributed by atoms with van der Waals surface area (Å²) < 4.78 is 26.2. The van der Waals surface area contributed by atoms with Gasteiger partial charge in [0.25, 0.3) is 5.91 Å². The Kier molecular flexibility index (Phi) is 5.35. The normalized spacial score (nSPS) is 18.8. The van der Waals surface area contributed by atoms with Crippen LogP contribution in [0.1, 0.15) is 53.4 Å². The molecule has 0 aliphatic carbocycles. The summed E-state index contributed by atoms with van der Waals surface area (Å²) >= 11 is 1.12. The third-order valence-corrected chi connectivity index (χ3v) is 10.7. The summed E-state index contributed by atoms with van der Waals surface area (Å²) in [6.07, 6.45) is 0.943. The first-order valence-electron chi connectivity index (χ1n) is 7.91. The summed E-state index contributed by atoms with van der Waals surface area (Å²) in [5.41, 5.74) is 5.84. The van der Waals surface area contributed by atoms with E-state index in [0.717, 1.165) is 16.2 Å². The predicted molar refractivity (Wildman–Crippen MR) is 93.0 cm³/mol. The van der Waals surface area contributed by atoms with Gasteiger partial charge in [0.2, 0.25) is 0 Å². The van der Waals surface area contributed by atoms with Crippen LogP contribution in [0.25, 0.3) is 0 Å². The number of carbonyl (C=O) groups excluding carboxylic acids is 1. The summed E-state index contributed by atoms with van der Waals surface area (Å²) in [7, 11) is -1.80. The van der Waals surface area contributed by atoms with Crippen molar-refractivity contribution in [3.8, 4) is 0 Å². The Morgan fingerprint density at radius 1 is 1.48 bits per heavy atom. The minimum Gasteiger partial charge on any atom is -0.417 e. The molecule has 1 aliphatic heterocycles. The summed E-state index contributed by atoms with van der Waals surface area (Å²) in [6, 6.07) is 0. The van der Waals surface area contributed by atoms with Gasteiger partial charge in [-0.3, -0.25) is 4.79 Å². The molecule has 1 aromatic heterocycles. The van der Waals surface area contributed by atoms with Gasteiger partial charge in [-0.15, -0.1) is 11.3 Å². The molecule has 0 radical (unpaired) electrons. The van der Waals surface area contributed by atoms with E-state index in [0.29, 0.717) is 31.6 Å². The molecule has 0 spiro atoms. The summed E-state index contributed by atoms with van der Waals surface area (Å²) in [5.74, 6) is -1.17. The fraction of sp³-hybridized carbons (Fsp3) is 0.688. The van der Waals surface area contributed by atoms with Crippen molar-refractivity contribution in [2.75, 3.05) is 13.2 Å². The van der Waals surface area contributed by atoms with Crippen LogP contribution in [0.5, 0.6) is 0 Å². The lowest BCUT2D eigenvalue weighted by atomic mass is 10.0. The molecular formula is C16H26FNO3SSi. The van der Waals surface area contributed by atoms with E-state index in [-0.39, 0.29) is 16.0 Å². The number of nitrogens with two attached hydrogens (primary N) is 1. The molecule has 0 saturated heterocycles. The molecule has 1 amide bonds. The van der Waals surface area contributed by atoms with Crippen LogP contribution in [0, 0.1) is 5.82 Å². The number of fused-ring (bicyclic) bond motifs is 1. The van der Waals surface area contributed by atoms with Crippen LogP contribution in [0.4, 0.5) is 4.39 Å². The first-order chi connectivity index (χ1) is 10.5. The van der Waals surface area contributed by atoms with Crippen LogP contribution < -0.4 is 5.73 Å². The van der Waals surface area contributed by atoms with Crippen molar-refractivity contribution in [2.24, 2.45) is 5.73 Å². The van der Waals surface area contributed by atoms with Crippen molar-refractivity contribution >= 4 is 25.6 Å². The number of thiophene rings is 1. The highest BCUT2D eigenvalue weighted by atomic mass is 32.1. The highest BCUT2D eigenvalue weighted by Gasteiger charge is 2.37. The van der Waals surface area contributed by atoms with Crippen LogP contribution in [-0.2, 0) is 15.6 Å². The third kappa shape index (κ3) is 3.84. The first kappa shape index (κ1) is 18.6. The van der Waals surface area contributed by atoms with Crippen molar-refractivity contribution in [1.29, 1.82) is 0 Å². The zero-order valence-corrected chi connectivity index (χ0v) is 16.3. The molecule has 1 atom stereocenters. The number of primary amides is 1. The van der Waals surface area contributed by atoms with Gasteiger partial charge in [-0.05, 0) is 24.6 Å². The van der Waals surface area contributed by atoms with Crippen molar-refractivity contribution in [1.82, 2.24) is 0 Å². The van der Waals surface area contributed by atoms with Crippen LogP contribution in [0.15, 0.2) is 0 Å². The second kappa shape index (κ2) is 6.62. The van der Waals surface area contributed by atoms with Gasteiger partial charge < -0.3 is 14.9 Å². The lowest BCUT2D eigenvalue weighted by Crippen LogP contribution is -2.41. The van der Waals surface area contributed by atoms with Crippen LogP contribution >= 0.6 is 11.3 Å². The van der Waals surface area contributed by atoms with Crippen LogP contribution in [-0.4, -0.2) is 27.4 Å². The van der Waals surface area contributed by atoms with Gasteiger partial charge in [0.15, 0.2) is 8.32 Å². The quantitative estimate of drug-likeness (QED) is 0.808. The Balaban J connectivity index is 2.07. The van der Waals surface area contributed by atoms with Gasteiger partial charge in [-0.2, -0.15) is 0 Å². The van der Waals surface area contributed by atoms with Gasteiger partial charge in [-0.1, -0.05) is 20.8 Å². The van der Waals surface area contributed by atoms with Crippen LogP contribution in [0.3, 0.4) is 0 Å². The van der Waals surface area contributed by atoms with Gasteiger partial charge in [-0.25, -0.2) is 4.39 Å². The Labute approximate surface area is 142 Å². The van der Waals surface area contributed by atoms with Gasteiger partial charge in [0.05, 0.1) is 12.7 Å². The molecule has 130 valence electrons. The summed E-state index contributed by atoms with van der Waals surface area (Å²) in [5, 5.41) is 0.153. The molecule has 4 nitrogen and oxygen atoms in total. The lowest BCUT2D eigenvalue weighted by molar-refractivity contribution is 0.0286. The molecule has 23 heavy (non-hydrogen) atoms. The number of hydrogen-bond donors (Lipinski definition) is 1. The highest BCUT2D eigenvalue weighted by Crippen LogP contribution is 2.40. The van der Waals surface area contributed by atoms with Gasteiger partial charge in [0, 0.05) is 23.5 Å². The SMILES string of the molecule is CC(C)(C)[Si](C)(C)OCCC1OCCc2c1sc(C(N)=O)c2F. The number of carbonyl (C=O) groups is 1. The second-order valence-corrected chi connectivity index (χ2v) is 13.3. The Bertz CT molecular complexity index is 595. The Hall–Kier alpha value is -0.763. The Morgan fingerprint density at radius 3 is 2.70 bits per heavy atom. The zero-order chi connectivity index (χ0) is 17.4. The average molecular weight is 360 g/mol. The van der Waals surface area contributed by atoms with Gasteiger partial charge in [0.1, 0.15) is 10.7 Å². The van der Waals surface area contributed by atoms with E-state index in [1.54, 1.807) is 0 Å². The fourth-order valence-corrected chi connectivity index (χ4v) is 4.57. The molecule has 1 unspecified atom stereocenters. The fourth-order valence-electron chi connectivity index (χ4n) is 2.34. The molecule has 1 aromatic rings. The molecule has 2 N–H and O–H groups in total. The van der Waals surface area contributed by atoms with Crippen molar-refractivity contribution in [2.45, 2.75) is 57.8 Å². The van der Waals surface area contributed by atoms with E-state index in [1.807, 2.05) is 0 Å². The van der Waals surface area contributed by atoms with Crippen molar-refractivity contribution in [3.63, 3.8) is 0 Å². The number of ether oxygens (including phenoxy) is 1. The topological polar surface area (TPSA) is 61.6 Å². The lowest BCUT2D eigenvalue weighted by Gasteiger charge is -2.36. The number of hydrogen-bond acceptors (Lipinski definition) is 4. The number of amides is 1. The minimum atomic E-state index is -1.80. The zero-order valence-electron chi connectivity index (χ0n) is 14.5. The maximum absolute atomic E-state index is 14.2. The van der Waals surface area contributed by atoms with Crippen LogP contribution in [0.2, 0.25) is 18.1 Å². The largest absolute Gasteiger partial charge is 0.417 e. The van der Waals surface area contributed by atoms with E-state index in [9.17, 15) is 9.18 Å². The molecule has 1 aliphatic rings. The van der Waals surface area contributed by atoms with Gasteiger partial charge >= 0.3 is 0 Å². The maximum Gasteiger partial charge on any atom is 0.261 e. The molecule has 2 rings (SSSR count). The summed E-state index contributed by atoms with van der Waals surface area (Å²) in [6.45, 7) is 12.0. The smallest absolute Gasteiger partial charge is 0.261 e. The first-order valence-corrected chi connectivity index (χ1v) is 11.6. The van der Waals surface area contributed by atoms with E-state index < -0.39 is 20.0 Å². The molecule has 0 saturated carbocycles. The predicted octanol–water partition coefficient (Wildman–Crippen LogP) is 4.01. The standard InChI is InChI=1S/C16H26FNO3SSi/c1-16(2,3)23(4,5)21-9-7-11-13-10(6-8-20-11)12(17)14(22-13)15(18)19/h11H,6-9H2,1-5H3,(H2,18,19). The van der Waals surface area contributed by atoms with E-state index in [2.05, 4.69) is 33.9 Å². The monoisotopic (exact) mass is 359 g/mol. The molecule has 0 fully saturated rings. The van der Waals surface area contributed by atoms with E-state index >= 15 is 0 Å². The Morgan fingerprint density at radius 2 is 2.13 bits per heavy atom. The number of halogens is 1. The number of rotatable bonds is 5. The molecular weight excluding hydrogens is 333 g/mol. The summed E-state index contributed by atoms with van der Waals surface area (Å²) in [4.78, 5) is 12.1. The molecule has 7 heteroatoms. The van der Waals surface area contributed by atoms with Crippen molar-refractivity contribution in [3.05, 3.63) is 21.1 Å². The molecule has 0 aromatic carbocycles. The maximum atomic E-state index is 14.2.